The van der Waals surface area contributed by atoms with E-state index in [1.807, 2.05) is 72.9 Å². The predicted octanol–water partition coefficient (Wildman–Crippen LogP) is 17.5. The number of hydrogen-bond donors (Lipinski definition) is 0. The van der Waals surface area contributed by atoms with Crippen LogP contribution in [-0.4, -0.2) is 37.2 Å². The van der Waals surface area contributed by atoms with Crippen molar-refractivity contribution in [2.75, 3.05) is 13.2 Å². The first-order chi connectivity index (χ1) is 32.5. The third-order valence-corrected chi connectivity index (χ3v) is 10.6. The first-order valence-corrected chi connectivity index (χ1v) is 26.3. The number of rotatable bonds is 45. The molecule has 0 bridgehead atoms. The average molecular weight is 911 g/mol. The van der Waals surface area contributed by atoms with Crippen molar-refractivity contribution in [3.8, 4) is 0 Å². The summed E-state index contributed by atoms with van der Waals surface area (Å²) in [6, 6.07) is 0. The third-order valence-electron chi connectivity index (χ3n) is 10.6. The monoisotopic (exact) mass is 911 g/mol. The van der Waals surface area contributed by atoms with Gasteiger partial charge in [0.2, 0.25) is 0 Å². The molecule has 6 heteroatoms. The molecule has 66 heavy (non-hydrogen) atoms. The molecule has 0 amide bonds. The van der Waals surface area contributed by atoms with Gasteiger partial charge >= 0.3 is 17.9 Å². The Morgan fingerprint density at radius 2 is 0.606 bits per heavy atom. The van der Waals surface area contributed by atoms with E-state index in [1.165, 1.54) is 64.2 Å². The molecule has 0 radical (unpaired) electrons. The lowest BCUT2D eigenvalue weighted by molar-refractivity contribution is -0.167. The van der Waals surface area contributed by atoms with Crippen LogP contribution in [0.15, 0.2) is 134 Å². The number of carbonyl (C=O) groups is 3. The van der Waals surface area contributed by atoms with E-state index in [1.54, 1.807) is 0 Å². The number of unbranched alkanes of at least 4 members (excludes halogenated alkanes) is 20. The van der Waals surface area contributed by atoms with Crippen molar-refractivity contribution in [2.45, 2.75) is 213 Å². The van der Waals surface area contributed by atoms with Gasteiger partial charge in [-0.1, -0.05) is 238 Å². The maximum absolute atomic E-state index is 12.8. The Labute approximate surface area is 405 Å². The van der Waals surface area contributed by atoms with Crippen LogP contribution in [0.3, 0.4) is 0 Å². The summed E-state index contributed by atoms with van der Waals surface area (Å²) in [6.45, 7) is 6.28. The molecular weight excluding hydrogens is 817 g/mol. The molecule has 0 rings (SSSR count). The summed E-state index contributed by atoms with van der Waals surface area (Å²) in [4.78, 5) is 38.0. The summed E-state index contributed by atoms with van der Waals surface area (Å²) < 4.78 is 16.8. The van der Waals surface area contributed by atoms with Crippen molar-refractivity contribution in [3.63, 3.8) is 0 Å². The minimum absolute atomic E-state index is 0.111. The number of hydrogen-bond acceptors (Lipinski definition) is 6. The number of esters is 3. The van der Waals surface area contributed by atoms with E-state index in [-0.39, 0.29) is 31.1 Å². The second-order valence-electron chi connectivity index (χ2n) is 16.9. The Morgan fingerprint density at radius 1 is 0.318 bits per heavy atom. The summed E-state index contributed by atoms with van der Waals surface area (Å²) in [5.41, 5.74) is 0. The van der Waals surface area contributed by atoms with Gasteiger partial charge in [0.05, 0.1) is 0 Å². The molecule has 0 aliphatic heterocycles. The van der Waals surface area contributed by atoms with Gasteiger partial charge in [-0.15, -0.1) is 0 Å². The van der Waals surface area contributed by atoms with Crippen LogP contribution in [0.2, 0.25) is 0 Å². The van der Waals surface area contributed by atoms with Crippen molar-refractivity contribution >= 4 is 17.9 Å². The second-order valence-corrected chi connectivity index (χ2v) is 16.9. The van der Waals surface area contributed by atoms with Crippen molar-refractivity contribution in [2.24, 2.45) is 0 Å². The summed E-state index contributed by atoms with van der Waals surface area (Å²) in [5.74, 6) is -0.992. The van der Waals surface area contributed by atoms with Crippen LogP contribution in [0.5, 0.6) is 0 Å². The predicted molar refractivity (Wildman–Crippen MR) is 283 cm³/mol. The Hall–Kier alpha value is -4.45. The molecule has 1 atom stereocenters. The third kappa shape index (κ3) is 50.5. The van der Waals surface area contributed by atoms with Gasteiger partial charge in [0.1, 0.15) is 13.2 Å². The molecule has 0 aromatic heterocycles. The normalized spacial score (nSPS) is 13.2. The SMILES string of the molecule is CC\C=C/C=C\C=C/C=C\C=C\C=C/C=C\CCCCCC(=O)OCC(COC(=O)CCCCC/C=C\CCCCCCCCC)OC(=O)CCCCCCCCC\C=C/C=C\C=C/CC. The fourth-order valence-electron chi connectivity index (χ4n) is 6.71. The van der Waals surface area contributed by atoms with Crippen molar-refractivity contribution < 1.29 is 28.6 Å². The maximum atomic E-state index is 12.8. The van der Waals surface area contributed by atoms with Crippen LogP contribution in [0.1, 0.15) is 207 Å². The molecule has 0 spiro atoms. The van der Waals surface area contributed by atoms with E-state index >= 15 is 0 Å². The molecule has 0 N–H and O–H groups in total. The van der Waals surface area contributed by atoms with Gasteiger partial charge in [-0.25, -0.2) is 0 Å². The molecule has 0 aromatic rings. The average Bonchev–Trinajstić information content (AvgIpc) is 3.31. The first kappa shape index (κ1) is 61.5. The highest BCUT2D eigenvalue weighted by molar-refractivity contribution is 5.71. The maximum Gasteiger partial charge on any atom is 0.306 e. The summed E-state index contributed by atoms with van der Waals surface area (Å²) in [5, 5.41) is 0. The molecule has 0 aliphatic rings. The molecule has 0 saturated carbocycles. The van der Waals surface area contributed by atoms with Crippen LogP contribution in [-0.2, 0) is 28.6 Å². The van der Waals surface area contributed by atoms with Crippen LogP contribution in [0.4, 0.5) is 0 Å². The van der Waals surface area contributed by atoms with Gasteiger partial charge in [-0.2, -0.15) is 0 Å². The molecule has 6 nitrogen and oxygen atoms in total. The second kappa shape index (κ2) is 53.2. The van der Waals surface area contributed by atoms with Crippen molar-refractivity contribution in [1.29, 1.82) is 0 Å². The molecule has 370 valence electrons. The van der Waals surface area contributed by atoms with Gasteiger partial charge in [0.25, 0.3) is 0 Å². The molecule has 0 heterocycles. The zero-order chi connectivity index (χ0) is 47.9. The quantitative estimate of drug-likeness (QED) is 0.0199. The largest absolute Gasteiger partial charge is 0.462 e. The van der Waals surface area contributed by atoms with E-state index in [0.29, 0.717) is 19.3 Å². The Balaban J connectivity index is 4.55. The molecule has 0 saturated heterocycles. The lowest BCUT2D eigenvalue weighted by Crippen LogP contribution is -2.30. The minimum Gasteiger partial charge on any atom is -0.462 e. The lowest BCUT2D eigenvalue weighted by Gasteiger charge is -2.18. The fraction of sp³-hybridized carbons (Fsp3) is 0.583. The summed E-state index contributed by atoms with van der Waals surface area (Å²) >= 11 is 0. The van der Waals surface area contributed by atoms with Crippen LogP contribution < -0.4 is 0 Å². The van der Waals surface area contributed by atoms with Gasteiger partial charge in [0, 0.05) is 19.3 Å². The molecular formula is C60H94O6. The molecule has 0 aromatic carbocycles. The number of carbonyl (C=O) groups excluding carboxylic acids is 3. The standard InChI is InChI=1S/C60H94O6/c1-4-7-10-13-16-19-22-25-28-29-30-31-33-35-38-41-44-47-50-53-59(62)65-56-57(55-64-58(61)52-49-46-43-40-37-34-27-24-21-18-15-12-9-6-3)66-60(63)54-51-48-45-42-39-36-32-26-23-20-17-14-11-8-5-2/h7-8,10-11,13-14,16-17,19-20,22-23,25,28-31,33-35,37-38,57H,4-6,9,12,15,18,21,24,26-27,32,36,39-56H2,1-3H3/b10-7-,11-8-,16-13-,17-14-,22-19-,23-20-,28-25-,30-29+,33-31-,37-34-,38-35-. The zero-order valence-corrected chi connectivity index (χ0v) is 42.1. The molecule has 0 fully saturated rings. The Morgan fingerprint density at radius 3 is 0.985 bits per heavy atom. The topological polar surface area (TPSA) is 78.9 Å². The lowest BCUT2D eigenvalue weighted by atomic mass is 10.1. The smallest absolute Gasteiger partial charge is 0.306 e. The molecule has 1 unspecified atom stereocenters. The van der Waals surface area contributed by atoms with E-state index < -0.39 is 6.10 Å². The minimum atomic E-state index is -0.814. The van der Waals surface area contributed by atoms with E-state index in [4.69, 9.17) is 14.2 Å². The molecule has 0 aliphatic carbocycles. The van der Waals surface area contributed by atoms with E-state index in [9.17, 15) is 14.4 Å². The first-order valence-electron chi connectivity index (χ1n) is 26.3. The van der Waals surface area contributed by atoms with Crippen LogP contribution in [0, 0.1) is 0 Å². The Kier molecular flexibility index (Phi) is 49.6. The van der Waals surface area contributed by atoms with Gasteiger partial charge in [-0.05, 0) is 83.5 Å². The van der Waals surface area contributed by atoms with Crippen LogP contribution in [0.25, 0.3) is 0 Å². The fourth-order valence-corrected chi connectivity index (χ4v) is 6.71. The van der Waals surface area contributed by atoms with E-state index in [0.717, 1.165) is 103 Å². The van der Waals surface area contributed by atoms with Crippen molar-refractivity contribution in [3.05, 3.63) is 134 Å². The highest BCUT2D eigenvalue weighted by atomic mass is 16.6. The van der Waals surface area contributed by atoms with Gasteiger partial charge in [-0.3, -0.25) is 14.4 Å². The highest BCUT2D eigenvalue weighted by Gasteiger charge is 2.19. The number of allylic oxidation sites excluding steroid dienone is 22. The van der Waals surface area contributed by atoms with E-state index in [2.05, 4.69) is 81.5 Å². The summed E-state index contributed by atoms with van der Waals surface area (Å²) in [7, 11) is 0. The zero-order valence-electron chi connectivity index (χ0n) is 42.1. The Bertz CT molecular complexity index is 1460. The van der Waals surface area contributed by atoms with Crippen LogP contribution >= 0.6 is 0 Å². The van der Waals surface area contributed by atoms with Gasteiger partial charge < -0.3 is 14.2 Å². The van der Waals surface area contributed by atoms with Gasteiger partial charge in [0.15, 0.2) is 6.10 Å². The number of ether oxygens (including phenoxy) is 3. The van der Waals surface area contributed by atoms with Crippen molar-refractivity contribution in [1.82, 2.24) is 0 Å². The summed E-state index contributed by atoms with van der Waals surface area (Å²) in [6.07, 6.45) is 74.3. The highest BCUT2D eigenvalue weighted by Crippen LogP contribution is 2.13.